The lowest BCUT2D eigenvalue weighted by Gasteiger charge is -2.19. The average molecular weight is 212 g/mol. The van der Waals surface area contributed by atoms with Crippen molar-refractivity contribution in [2.24, 2.45) is 11.8 Å². The molecule has 0 amide bonds. The molecule has 0 aromatic heterocycles. The molecule has 0 spiro atoms. The third kappa shape index (κ3) is 1.82. The highest BCUT2D eigenvalue weighted by Crippen LogP contribution is 2.42. The minimum Gasteiger partial charge on any atom is -0.483 e. The van der Waals surface area contributed by atoms with Gasteiger partial charge in [0.15, 0.2) is 6.10 Å². The molecule has 5 heteroatoms. The second-order valence-electron chi connectivity index (χ2n) is 3.63. The van der Waals surface area contributed by atoms with Crippen LogP contribution in [-0.4, -0.2) is 29.8 Å². The summed E-state index contributed by atoms with van der Waals surface area (Å²) in [6.45, 7) is 1.95. The first-order valence-electron chi connectivity index (χ1n) is 4.91. The summed E-state index contributed by atoms with van der Waals surface area (Å²) in [7, 11) is 0. The van der Waals surface area contributed by atoms with Crippen molar-refractivity contribution in [2.45, 2.75) is 19.4 Å². The average Bonchev–Trinajstić information content (AvgIpc) is 2.93. The molecule has 1 aliphatic carbocycles. The van der Waals surface area contributed by atoms with Gasteiger partial charge in [-0.25, -0.2) is 0 Å². The molecule has 0 saturated carbocycles. The van der Waals surface area contributed by atoms with Gasteiger partial charge >= 0.3 is 11.9 Å². The third-order valence-corrected chi connectivity index (χ3v) is 2.66. The number of carbonyl (C=O) groups excluding carboxylic acids is 1. The van der Waals surface area contributed by atoms with E-state index in [4.69, 9.17) is 14.6 Å². The fourth-order valence-corrected chi connectivity index (χ4v) is 1.84. The van der Waals surface area contributed by atoms with Crippen molar-refractivity contribution in [3.05, 3.63) is 11.8 Å². The maximum absolute atomic E-state index is 11.5. The summed E-state index contributed by atoms with van der Waals surface area (Å²) in [6, 6.07) is 0. The van der Waals surface area contributed by atoms with Crippen LogP contribution in [0.4, 0.5) is 0 Å². The van der Waals surface area contributed by atoms with Gasteiger partial charge < -0.3 is 14.6 Å². The van der Waals surface area contributed by atoms with Crippen LogP contribution in [0.25, 0.3) is 0 Å². The van der Waals surface area contributed by atoms with Crippen LogP contribution in [0.5, 0.6) is 0 Å². The number of carboxylic acids is 1. The number of hydrogen-bond donors (Lipinski definition) is 1. The highest BCUT2D eigenvalue weighted by atomic mass is 16.6. The summed E-state index contributed by atoms with van der Waals surface area (Å²) in [5, 5.41) is 8.97. The zero-order valence-corrected chi connectivity index (χ0v) is 8.30. The SMILES string of the molecule is CCOC(=O)C1C=C2OC2CC1C(=O)O. The Labute approximate surface area is 86.7 Å². The van der Waals surface area contributed by atoms with Crippen LogP contribution in [0.1, 0.15) is 13.3 Å². The van der Waals surface area contributed by atoms with Crippen LogP contribution < -0.4 is 0 Å². The summed E-state index contributed by atoms with van der Waals surface area (Å²) in [6.07, 6.45) is 1.85. The van der Waals surface area contributed by atoms with E-state index in [0.717, 1.165) is 5.76 Å². The minimum atomic E-state index is -0.973. The fourth-order valence-electron chi connectivity index (χ4n) is 1.84. The van der Waals surface area contributed by atoms with E-state index in [1.807, 2.05) is 0 Å². The number of esters is 1. The molecule has 0 aromatic carbocycles. The summed E-state index contributed by atoms with van der Waals surface area (Å²) in [5.74, 6) is -2.15. The van der Waals surface area contributed by atoms with Crippen molar-refractivity contribution in [1.29, 1.82) is 0 Å². The number of ether oxygens (including phenoxy) is 2. The van der Waals surface area contributed by atoms with Gasteiger partial charge in [-0.1, -0.05) is 0 Å². The van der Waals surface area contributed by atoms with Gasteiger partial charge in [0.1, 0.15) is 5.76 Å². The zero-order chi connectivity index (χ0) is 11.0. The van der Waals surface area contributed by atoms with Gasteiger partial charge in [-0.05, 0) is 13.0 Å². The number of fused-ring (bicyclic) bond motifs is 1. The lowest BCUT2D eigenvalue weighted by atomic mass is 9.84. The smallest absolute Gasteiger partial charge is 0.313 e. The third-order valence-electron chi connectivity index (χ3n) is 2.66. The molecule has 1 N–H and O–H groups in total. The van der Waals surface area contributed by atoms with Gasteiger partial charge in [-0.2, -0.15) is 0 Å². The molecule has 5 nitrogen and oxygen atoms in total. The van der Waals surface area contributed by atoms with Crippen molar-refractivity contribution in [3.8, 4) is 0 Å². The second-order valence-corrected chi connectivity index (χ2v) is 3.63. The van der Waals surface area contributed by atoms with Crippen LogP contribution in [0.3, 0.4) is 0 Å². The normalized spacial score (nSPS) is 32.1. The Morgan fingerprint density at radius 1 is 1.67 bits per heavy atom. The zero-order valence-electron chi connectivity index (χ0n) is 8.30. The van der Waals surface area contributed by atoms with Crippen molar-refractivity contribution in [2.75, 3.05) is 6.61 Å². The molecule has 15 heavy (non-hydrogen) atoms. The van der Waals surface area contributed by atoms with Crippen LogP contribution in [-0.2, 0) is 19.1 Å². The van der Waals surface area contributed by atoms with Gasteiger partial charge in [0.2, 0.25) is 0 Å². The molecule has 1 saturated heterocycles. The van der Waals surface area contributed by atoms with Gasteiger partial charge in [0.25, 0.3) is 0 Å². The molecule has 0 aromatic rings. The minimum absolute atomic E-state index is 0.0863. The molecule has 1 heterocycles. The monoisotopic (exact) mass is 212 g/mol. The first-order chi connectivity index (χ1) is 7.13. The van der Waals surface area contributed by atoms with Crippen LogP contribution in [0, 0.1) is 11.8 Å². The number of rotatable bonds is 3. The maximum Gasteiger partial charge on any atom is 0.313 e. The Kier molecular flexibility index (Phi) is 2.38. The Balaban J connectivity index is 2.14. The van der Waals surface area contributed by atoms with Gasteiger partial charge in [0, 0.05) is 6.42 Å². The molecular formula is C10H12O5. The Hall–Kier alpha value is -1.52. The summed E-state index contributed by atoms with van der Waals surface area (Å²) in [5.41, 5.74) is 0. The molecule has 3 atom stereocenters. The molecule has 0 bridgehead atoms. The maximum atomic E-state index is 11.5. The first kappa shape index (κ1) is 10.0. The van der Waals surface area contributed by atoms with Crippen LogP contribution >= 0.6 is 0 Å². The van der Waals surface area contributed by atoms with E-state index in [9.17, 15) is 9.59 Å². The van der Waals surface area contributed by atoms with E-state index >= 15 is 0 Å². The number of carboxylic acid groups (broad SMARTS) is 1. The summed E-state index contributed by atoms with van der Waals surface area (Å²) in [4.78, 5) is 22.4. The van der Waals surface area contributed by atoms with E-state index in [1.54, 1.807) is 13.0 Å². The lowest BCUT2D eigenvalue weighted by molar-refractivity contribution is -0.155. The quantitative estimate of drug-likeness (QED) is 0.546. The van der Waals surface area contributed by atoms with Crippen molar-refractivity contribution < 1.29 is 24.2 Å². The van der Waals surface area contributed by atoms with Crippen molar-refractivity contribution in [3.63, 3.8) is 0 Å². The standard InChI is InChI=1S/C10H12O5/c1-2-14-10(13)6-4-8-7(15-8)3-5(6)9(11)12/h4-7H,2-3H2,1H3,(H,11,12). The first-order valence-corrected chi connectivity index (χ1v) is 4.91. The Morgan fingerprint density at radius 3 is 3.00 bits per heavy atom. The summed E-state index contributed by atoms with van der Waals surface area (Å²) < 4.78 is 9.93. The number of hydrogen-bond acceptors (Lipinski definition) is 4. The molecular weight excluding hydrogens is 200 g/mol. The van der Waals surface area contributed by atoms with E-state index in [-0.39, 0.29) is 12.7 Å². The highest BCUT2D eigenvalue weighted by molar-refractivity contribution is 5.83. The molecule has 2 aliphatic rings. The largest absolute Gasteiger partial charge is 0.483 e. The molecule has 3 unspecified atom stereocenters. The molecule has 0 radical (unpaired) electrons. The number of aliphatic carboxylic acids is 1. The Bertz CT molecular complexity index is 333. The van der Waals surface area contributed by atoms with Crippen LogP contribution in [0.2, 0.25) is 0 Å². The van der Waals surface area contributed by atoms with Gasteiger partial charge in [0.05, 0.1) is 18.4 Å². The molecule has 1 fully saturated rings. The van der Waals surface area contributed by atoms with Crippen molar-refractivity contribution >= 4 is 11.9 Å². The predicted molar refractivity (Wildman–Crippen MR) is 48.8 cm³/mol. The molecule has 1 aliphatic heterocycles. The lowest BCUT2D eigenvalue weighted by Crippen LogP contribution is -2.32. The van der Waals surface area contributed by atoms with Crippen LogP contribution in [0.15, 0.2) is 11.8 Å². The second kappa shape index (κ2) is 3.56. The van der Waals surface area contributed by atoms with E-state index < -0.39 is 23.8 Å². The number of epoxide rings is 1. The molecule has 2 rings (SSSR count). The van der Waals surface area contributed by atoms with E-state index in [2.05, 4.69) is 0 Å². The topological polar surface area (TPSA) is 76.1 Å². The Morgan fingerprint density at radius 2 is 2.40 bits per heavy atom. The predicted octanol–water partition coefficient (Wildman–Crippen LogP) is 0.553. The highest BCUT2D eigenvalue weighted by Gasteiger charge is 2.48. The van der Waals surface area contributed by atoms with Crippen molar-refractivity contribution in [1.82, 2.24) is 0 Å². The fraction of sp³-hybridized carbons (Fsp3) is 0.600. The van der Waals surface area contributed by atoms with E-state index in [1.165, 1.54) is 0 Å². The van der Waals surface area contributed by atoms with Gasteiger partial charge in [-0.3, -0.25) is 9.59 Å². The van der Waals surface area contributed by atoms with Gasteiger partial charge in [-0.15, -0.1) is 0 Å². The summed E-state index contributed by atoms with van der Waals surface area (Å²) >= 11 is 0. The van der Waals surface area contributed by atoms with E-state index in [0.29, 0.717) is 6.42 Å². The molecule has 82 valence electrons. The number of carbonyl (C=O) groups is 2.